The summed E-state index contributed by atoms with van der Waals surface area (Å²) in [5.74, 6) is 0.631. The van der Waals surface area contributed by atoms with Crippen LogP contribution in [0.25, 0.3) is 0 Å². The van der Waals surface area contributed by atoms with Crippen LogP contribution in [-0.2, 0) is 18.9 Å². The minimum Gasteiger partial charge on any atom is -0.494 e. The second kappa shape index (κ2) is 14.8. The Morgan fingerprint density at radius 1 is 1.18 bits per heavy atom. The molecule has 2 amide bonds. The third-order valence-electron chi connectivity index (χ3n) is 9.70. The molecule has 5 rings (SSSR count). The summed E-state index contributed by atoms with van der Waals surface area (Å²) in [6.45, 7) is 11.4. The molecule has 3 saturated carbocycles. The van der Waals surface area contributed by atoms with Crippen LogP contribution in [0.4, 0.5) is 0 Å². The third-order valence-corrected chi connectivity index (χ3v) is 9.70. The molecule has 1 aliphatic heterocycles. The Kier molecular flexibility index (Phi) is 11.3. The summed E-state index contributed by atoms with van der Waals surface area (Å²) in [6.07, 6.45) is 3.97. The highest BCUT2D eigenvalue weighted by molar-refractivity contribution is 6.48. The van der Waals surface area contributed by atoms with Gasteiger partial charge in [-0.15, -0.1) is 0 Å². The molecule has 1 heterocycles. The molecular formula is C31H49BN6O7. The molecule has 3 aliphatic carbocycles. The van der Waals surface area contributed by atoms with E-state index >= 15 is 0 Å². The van der Waals surface area contributed by atoms with Gasteiger partial charge < -0.3 is 30.4 Å². The van der Waals surface area contributed by atoms with Crippen LogP contribution in [0.15, 0.2) is 35.3 Å². The Morgan fingerprint density at radius 3 is 2.58 bits per heavy atom. The van der Waals surface area contributed by atoms with E-state index in [0.29, 0.717) is 37.7 Å². The number of aliphatic imine (C=N–C) groups is 1. The number of nitrogens with two attached hydrogens (primary N) is 1. The minimum atomic E-state index is -0.854. The summed E-state index contributed by atoms with van der Waals surface area (Å²) < 4.78 is 18.9. The maximum atomic E-state index is 13.8. The number of carbonyl (C=O) groups is 2. The molecule has 1 aromatic carbocycles. The maximum Gasteiger partial charge on any atom is 0.481 e. The van der Waals surface area contributed by atoms with Crippen molar-refractivity contribution in [3.8, 4) is 5.75 Å². The van der Waals surface area contributed by atoms with Crippen molar-refractivity contribution >= 4 is 24.9 Å². The third kappa shape index (κ3) is 8.66. The number of ether oxygens (including phenoxy) is 1. The SMILES string of the molecule is CC(C)C[C@H](NC(=O)[C@H](CCCN=C(N)N[N+](=O)[O-])NC(=O)CCCOc1ccccc1)B1O[C@@H]2C[C@@H]3C[C@@H](C3(C)C)[C@]2(C)O1. The standard InChI is InChI=1S/C31H49BN6O7/c1-20(2)17-26(32-44-25-19-21-18-24(30(21,3)4)31(25,5)45-32)36-28(40)23(13-9-15-34-29(33)37-38(41)42)35-27(39)14-10-16-43-22-11-7-6-8-12-22/h6-8,11-12,20-21,23-26H,9-10,13-19H2,1-5H3,(H,35,39)(H,36,40)(H3,33,34,37)/t21-,23-,24-,25+,26-,31-/m0/s1. The van der Waals surface area contributed by atoms with Gasteiger partial charge in [0.1, 0.15) is 11.8 Å². The zero-order valence-electron chi connectivity index (χ0n) is 27.1. The highest BCUT2D eigenvalue weighted by Gasteiger charge is 2.68. The summed E-state index contributed by atoms with van der Waals surface area (Å²) in [5, 5.41) is 15.8. The topological polar surface area (TPSA) is 179 Å². The van der Waals surface area contributed by atoms with E-state index in [4.69, 9.17) is 19.8 Å². The zero-order chi connectivity index (χ0) is 32.8. The molecule has 13 nitrogen and oxygen atoms in total. The van der Waals surface area contributed by atoms with E-state index in [1.54, 1.807) is 5.43 Å². The number of hydrogen-bond donors (Lipinski definition) is 4. The van der Waals surface area contributed by atoms with Gasteiger partial charge in [0, 0.05) is 13.0 Å². The van der Waals surface area contributed by atoms with Crippen LogP contribution in [-0.4, -0.2) is 66.8 Å². The first kappa shape index (κ1) is 34.5. The minimum absolute atomic E-state index is 0.0180. The second-order valence-corrected chi connectivity index (χ2v) is 13.7. The molecule has 1 aromatic rings. The molecule has 6 atom stereocenters. The summed E-state index contributed by atoms with van der Waals surface area (Å²) >= 11 is 0. The smallest absolute Gasteiger partial charge is 0.481 e. The van der Waals surface area contributed by atoms with Crippen LogP contribution in [0.5, 0.6) is 5.75 Å². The number of rotatable bonds is 16. The molecule has 0 spiro atoms. The molecule has 4 aliphatic rings. The Hall–Kier alpha value is -3.39. The predicted molar refractivity (Wildman–Crippen MR) is 170 cm³/mol. The molecular weight excluding hydrogens is 579 g/mol. The molecule has 5 N–H and O–H groups in total. The molecule has 248 valence electrons. The van der Waals surface area contributed by atoms with Gasteiger partial charge in [0.25, 0.3) is 5.96 Å². The number of nitrogens with one attached hydrogen (secondary N) is 3. The van der Waals surface area contributed by atoms with Crippen molar-refractivity contribution in [2.24, 2.45) is 33.9 Å². The molecule has 2 bridgehead atoms. The average molecular weight is 629 g/mol. The molecule has 0 aromatic heterocycles. The number of nitrogens with zero attached hydrogens (tertiary/aromatic N) is 2. The van der Waals surface area contributed by atoms with E-state index in [2.05, 4.69) is 50.2 Å². The van der Waals surface area contributed by atoms with Gasteiger partial charge in [0.2, 0.25) is 11.8 Å². The van der Waals surface area contributed by atoms with Gasteiger partial charge in [-0.05, 0) is 80.8 Å². The van der Waals surface area contributed by atoms with Crippen molar-refractivity contribution in [3.05, 3.63) is 40.4 Å². The van der Waals surface area contributed by atoms with Gasteiger partial charge in [-0.2, -0.15) is 0 Å². The van der Waals surface area contributed by atoms with E-state index < -0.39 is 29.7 Å². The van der Waals surface area contributed by atoms with Gasteiger partial charge in [0.15, 0.2) is 5.03 Å². The fourth-order valence-electron chi connectivity index (χ4n) is 7.20. The number of para-hydroxylation sites is 1. The first-order chi connectivity index (χ1) is 21.3. The lowest BCUT2D eigenvalue weighted by molar-refractivity contribution is -0.525. The molecule has 45 heavy (non-hydrogen) atoms. The highest BCUT2D eigenvalue weighted by Crippen LogP contribution is 2.65. The Morgan fingerprint density at radius 2 is 1.91 bits per heavy atom. The normalized spacial score (nSPS) is 26.3. The summed E-state index contributed by atoms with van der Waals surface area (Å²) in [5.41, 5.74) is 7.11. The summed E-state index contributed by atoms with van der Waals surface area (Å²) in [4.78, 5) is 41.2. The largest absolute Gasteiger partial charge is 0.494 e. The lowest BCUT2D eigenvalue weighted by atomic mass is 9.43. The number of hydrazine groups is 1. The first-order valence-electron chi connectivity index (χ1n) is 16.1. The van der Waals surface area contributed by atoms with Crippen LogP contribution in [0, 0.1) is 33.3 Å². The number of guanidine groups is 1. The Bertz CT molecular complexity index is 1220. The second-order valence-electron chi connectivity index (χ2n) is 13.7. The van der Waals surface area contributed by atoms with E-state index in [9.17, 15) is 19.7 Å². The van der Waals surface area contributed by atoms with Crippen molar-refractivity contribution in [1.82, 2.24) is 16.1 Å². The van der Waals surface area contributed by atoms with Crippen molar-refractivity contribution < 1.29 is 28.7 Å². The fraction of sp³-hybridized carbons (Fsp3) is 0.710. The summed E-state index contributed by atoms with van der Waals surface area (Å²) in [7, 11) is -0.592. The van der Waals surface area contributed by atoms with Crippen molar-refractivity contribution in [3.63, 3.8) is 0 Å². The van der Waals surface area contributed by atoms with Crippen LogP contribution >= 0.6 is 0 Å². The van der Waals surface area contributed by atoms with Gasteiger partial charge >= 0.3 is 7.12 Å². The number of benzene rings is 1. The van der Waals surface area contributed by atoms with E-state index in [1.807, 2.05) is 30.3 Å². The number of nitro groups is 1. The van der Waals surface area contributed by atoms with Crippen molar-refractivity contribution in [2.45, 2.75) is 103 Å². The number of carbonyl (C=O) groups excluding carboxylic acids is 2. The molecule has 0 radical (unpaired) electrons. The van der Waals surface area contributed by atoms with Crippen LogP contribution in [0.3, 0.4) is 0 Å². The van der Waals surface area contributed by atoms with Crippen LogP contribution in [0.2, 0.25) is 0 Å². The Balaban J connectivity index is 1.38. The number of amides is 2. The average Bonchev–Trinajstić information content (AvgIpc) is 3.33. The van der Waals surface area contributed by atoms with Gasteiger partial charge in [-0.3, -0.25) is 9.59 Å². The van der Waals surface area contributed by atoms with Gasteiger partial charge in [-0.1, -0.05) is 51.3 Å². The maximum absolute atomic E-state index is 13.8. The first-order valence-corrected chi connectivity index (χ1v) is 16.1. The molecule has 14 heteroatoms. The van der Waals surface area contributed by atoms with Crippen molar-refractivity contribution in [1.29, 1.82) is 0 Å². The van der Waals surface area contributed by atoms with Crippen LogP contribution in [0.1, 0.15) is 79.6 Å². The van der Waals surface area contributed by atoms with Crippen molar-refractivity contribution in [2.75, 3.05) is 13.2 Å². The molecule has 0 unspecified atom stereocenters. The predicted octanol–water partition coefficient (Wildman–Crippen LogP) is 3.01. The zero-order valence-corrected chi connectivity index (χ0v) is 27.1. The lowest BCUT2D eigenvalue weighted by Crippen LogP contribution is -2.65. The van der Waals surface area contributed by atoms with Gasteiger partial charge in [-0.25, -0.2) is 15.1 Å². The summed E-state index contributed by atoms with van der Waals surface area (Å²) in [6, 6.07) is 8.50. The van der Waals surface area contributed by atoms with Gasteiger partial charge in [0.05, 0.1) is 24.3 Å². The Labute approximate surface area is 266 Å². The highest BCUT2D eigenvalue weighted by atomic mass is 16.7. The number of hydrogen-bond acceptors (Lipinski definition) is 8. The fourth-order valence-corrected chi connectivity index (χ4v) is 7.20. The molecule has 1 saturated heterocycles. The van der Waals surface area contributed by atoms with Crippen LogP contribution < -0.4 is 26.5 Å². The van der Waals surface area contributed by atoms with E-state index in [-0.39, 0.29) is 54.6 Å². The quantitative estimate of drug-likeness (QED) is 0.0535. The van der Waals surface area contributed by atoms with E-state index in [1.165, 1.54) is 0 Å². The molecule has 4 fully saturated rings. The lowest BCUT2D eigenvalue weighted by Gasteiger charge is -2.64. The monoisotopic (exact) mass is 628 g/mol. The van der Waals surface area contributed by atoms with E-state index in [0.717, 1.165) is 18.6 Å².